The minimum atomic E-state index is 0.0640. The summed E-state index contributed by atoms with van der Waals surface area (Å²) in [4.78, 5) is 0. The van der Waals surface area contributed by atoms with Gasteiger partial charge in [0, 0.05) is 5.88 Å². The molecule has 0 unspecified atom stereocenters. The summed E-state index contributed by atoms with van der Waals surface area (Å²) in [6.07, 6.45) is 5.59. The van der Waals surface area contributed by atoms with Crippen LogP contribution in [0.25, 0.3) is 0 Å². The Hall–Kier alpha value is 0.210. The van der Waals surface area contributed by atoms with Crippen LogP contribution < -0.4 is 0 Å². The summed E-state index contributed by atoms with van der Waals surface area (Å²) in [6, 6.07) is 0. The zero-order valence-electron chi connectivity index (χ0n) is 7.43. The molecule has 0 N–H and O–H groups in total. The summed E-state index contributed by atoms with van der Waals surface area (Å²) in [5.41, 5.74) is 0. The molecule has 12 heavy (non-hydrogen) atoms. The van der Waals surface area contributed by atoms with E-state index in [1.165, 1.54) is 6.42 Å². The molecule has 1 fully saturated rings. The van der Waals surface area contributed by atoms with Crippen molar-refractivity contribution in [2.45, 2.75) is 38.4 Å². The molecule has 1 saturated heterocycles. The fourth-order valence-corrected chi connectivity index (χ4v) is 1.47. The maximum atomic E-state index is 5.56. The van der Waals surface area contributed by atoms with Crippen LogP contribution in [0.5, 0.6) is 0 Å². The predicted octanol–water partition coefficient (Wildman–Crippen LogP) is 2.55. The van der Waals surface area contributed by atoms with Crippen LogP contribution in [-0.4, -0.2) is 25.4 Å². The largest absolute Gasteiger partial charge is 0.353 e. The highest BCUT2D eigenvalue weighted by Crippen LogP contribution is 2.12. The third-order valence-corrected chi connectivity index (χ3v) is 2.24. The van der Waals surface area contributed by atoms with Crippen molar-refractivity contribution in [1.29, 1.82) is 0 Å². The first kappa shape index (κ1) is 10.3. The Labute approximate surface area is 79.2 Å². The lowest BCUT2D eigenvalue weighted by atomic mass is 10.2. The van der Waals surface area contributed by atoms with Crippen LogP contribution in [-0.2, 0) is 9.47 Å². The zero-order valence-corrected chi connectivity index (χ0v) is 8.18. The molecule has 0 amide bonds. The number of unbranched alkanes of at least 4 members (excludes halogenated alkanes) is 2. The Bertz CT molecular complexity index is 103. The Kier molecular flexibility index (Phi) is 5.74. The summed E-state index contributed by atoms with van der Waals surface area (Å²) < 4.78 is 10.8. The molecule has 1 heterocycles. The van der Waals surface area contributed by atoms with E-state index < -0.39 is 0 Å². The van der Waals surface area contributed by atoms with E-state index in [0.29, 0.717) is 0 Å². The van der Waals surface area contributed by atoms with Gasteiger partial charge in [-0.1, -0.05) is 6.42 Å². The van der Waals surface area contributed by atoms with E-state index in [4.69, 9.17) is 21.1 Å². The minimum Gasteiger partial charge on any atom is -0.353 e. The average molecular weight is 193 g/mol. The number of halogens is 1. The van der Waals surface area contributed by atoms with Crippen LogP contribution in [0.2, 0.25) is 0 Å². The van der Waals surface area contributed by atoms with Crippen molar-refractivity contribution < 1.29 is 9.47 Å². The molecule has 0 atom stereocenters. The fourth-order valence-electron chi connectivity index (χ4n) is 1.29. The van der Waals surface area contributed by atoms with E-state index in [-0.39, 0.29) is 6.29 Å². The van der Waals surface area contributed by atoms with Gasteiger partial charge in [-0.2, -0.15) is 0 Å². The highest BCUT2D eigenvalue weighted by atomic mass is 35.5. The third-order valence-electron chi connectivity index (χ3n) is 1.97. The first-order valence-electron chi connectivity index (χ1n) is 4.72. The Balaban J connectivity index is 1.91. The molecule has 1 aliphatic heterocycles. The van der Waals surface area contributed by atoms with E-state index >= 15 is 0 Å². The topological polar surface area (TPSA) is 18.5 Å². The number of rotatable bonds is 5. The molecule has 0 aliphatic carbocycles. The van der Waals surface area contributed by atoms with Gasteiger partial charge in [-0.05, 0) is 25.7 Å². The van der Waals surface area contributed by atoms with Crippen molar-refractivity contribution in [2.75, 3.05) is 19.1 Å². The summed E-state index contributed by atoms with van der Waals surface area (Å²) in [5.74, 6) is 0.770. The average Bonchev–Trinajstić information content (AvgIpc) is 2.14. The van der Waals surface area contributed by atoms with Crippen molar-refractivity contribution in [1.82, 2.24) is 0 Å². The second-order valence-electron chi connectivity index (χ2n) is 3.06. The summed E-state index contributed by atoms with van der Waals surface area (Å²) in [6.45, 7) is 1.72. The molecule has 0 aromatic rings. The SMILES string of the molecule is ClCCCCCC1OCCCO1. The van der Waals surface area contributed by atoms with Gasteiger partial charge in [0.2, 0.25) is 0 Å². The van der Waals surface area contributed by atoms with Crippen LogP contribution in [0.1, 0.15) is 32.1 Å². The van der Waals surface area contributed by atoms with Crippen LogP contribution in [0.3, 0.4) is 0 Å². The normalized spacial score (nSPS) is 19.8. The monoisotopic (exact) mass is 192 g/mol. The first-order chi connectivity index (χ1) is 5.93. The molecule has 72 valence electrons. The van der Waals surface area contributed by atoms with Crippen LogP contribution in [0.4, 0.5) is 0 Å². The number of alkyl halides is 1. The molecule has 1 aliphatic rings. The molecule has 0 aromatic heterocycles. The third kappa shape index (κ3) is 4.29. The molecule has 1 rings (SSSR count). The Morgan fingerprint density at radius 1 is 1.08 bits per heavy atom. The number of hydrogen-bond acceptors (Lipinski definition) is 2. The highest BCUT2D eigenvalue weighted by molar-refractivity contribution is 6.17. The summed E-state index contributed by atoms with van der Waals surface area (Å²) in [7, 11) is 0. The molecular formula is C9H17ClO2. The van der Waals surface area contributed by atoms with Crippen LogP contribution in [0, 0.1) is 0 Å². The molecule has 0 saturated carbocycles. The fraction of sp³-hybridized carbons (Fsp3) is 1.00. The van der Waals surface area contributed by atoms with Gasteiger partial charge in [0.05, 0.1) is 13.2 Å². The van der Waals surface area contributed by atoms with E-state index in [9.17, 15) is 0 Å². The van der Waals surface area contributed by atoms with Crippen molar-refractivity contribution in [3.63, 3.8) is 0 Å². The van der Waals surface area contributed by atoms with Crippen molar-refractivity contribution >= 4 is 11.6 Å². The molecule has 0 aromatic carbocycles. The van der Waals surface area contributed by atoms with Gasteiger partial charge < -0.3 is 9.47 Å². The molecule has 0 radical (unpaired) electrons. The molecular weight excluding hydrogens is 176 g/mol. The molecule has 0 bridgehead atoms. The van der Waals surface area contributed by atoms with Gasteiger partial charge in [-0.3, -0.25) is 0 Å². The Morgan fingerprint density at radius 3 is 2.50 bits per heavy atom. The van der Waals surface area contributed by atoms with E-state index in [1.807, 2.05) is 0 Å². The highest BCUT2D eigenvalue weighted by Gasteiger charge is 2.12. The lowest BCUT2D eigenvalue weighted by molar-refractivity contribution is -0.181. The van der Waals surface area contributed by atoms with Gasteiger partial charge in [-0.25, -0.2) is 0 Å². The van der Waals surface area contributed by atoms with Gasteiger partial charge in [-0.15, -0.1) is 11.6 Å². The van der Waals surface area contributed by atoms with Crippen molar-refractivity contribution in [2.24, 2.45) is 0 Å². The van der Waals surface area contributed by atoms with Crippen molar-refractivity contribution in [3.8, 4) is 0 Å². The van der Waals surface area contributed by atoms with Crippen LogP contribution >= 0.6 is 11.6 Å². The second-order valence-corrected chi connectivity index (χ2v) is 3.44. The van der Waals surface area contributed by atoms with E-state index in [2.05, 4.69) is 0 Å². The lowest BCUT2D eigenvalue weighted by Crippen LogP contribution is -2.24. The predicted molar refractivity (Wildman–Crippen MR) is 49.5 cm³/mol. The molecule has 3 heteroatoms. The van der Waals surface area contributed by atoms with E-state index in [0.717, 1.165) is 44.8 Å². The summed E-state index contributed by atoms with van der Waals surface area (Å²) in [5, 5.41) is 0. The van der Waals surface area contributed by atoms with E-state index in [1.54, 1.807) is 0 Å². The maximum absolute atomic E-state index is 5.56. The standard InChI is InChI=1S/C9H17ClO2/c10-6-3-1-2-5-9-11-7-4-8-12-9/h9H,1-8H2. The van der Waals surface area contributed by atoms with Gasteiger partial charge >= 0.3 is 0 Å². The number of ether oxygens (including phenoxy) is 2. The lowest BCUT2D eigenvalue weighted by Gasteiger charge is -2.22. The summed E-state index contributed by atoms with van der Waals surface area (Å²) >= 11 is 5.56. The molecule has 2 nitrogen and oxygen atoms in total. The maximum Gasteiger partial charge on any atom is 0.157 e. The van der Waals surface area contributed by atoms with Gasteiger partial charge in [0.1, 0.15) is 0 Å². The van der Waals surface area contributed by atoms with Gasteiger partial charge in [0.25, 0.3) is 0 Å². The van der Waals surface area contributed by atoms with Crippen molar-refractivity contribution in [3.05, 3.63) is 0 Å². The smallest absolute Gasteiger partial charge is 0.157 e. The number of hydrogen-bond donors (Lipinski definition) is 0. The van der Waals surface area contributed by atoms with Gasteiger partial charge in [0.15, 0.2) is 6.29 Å². The molecule has 0 spiro atoms. The minimum absolute atomic E-state index is 0.0640. The van der Waals surface area contributed by atoms with Crippen LogP contribution in [0.15, 0.2) is 0 Å². The second kappa shape index (κ2) is 6.70. The first-order valence-corrected chi connectivity index (χ1v) is 5.26. The zero-order chi connectivity index (χ0) is 8.65. The Morgan fingerprint density at radius 2 is 1.83 bits per heavy atom. The quantitative estimate of drug-likeness (QED) is 0.493.